The van der Waals surface area contributed by atoms with Crippen molar-refractivity contribution >= 4 is 79.8 Å². The summed E-state index contributed by atoms with van der Waals surface area (Å²) in [5, 5.41) is 0. The molecule has 0 aromatic heterocycles. The van der Waals surface area contributed by atoms with Crippen molar-refractivity contribution in [1.82, 2.24) is 0 Å². The maximum atomic E-state index is 12.5. The van der Waals surface area contributed by atoms with Gasteiger partial charge in [0.05, 0.1) is 25.3 Å². The number of piperidine rings is 1. The van der Waals surface area contributed by atoms with Crippen LogP contribution in [0, 0.1) is 16.6 Å². The Labute approximate surface area is 201 Å². The number of likely N-dealkylation sites (tertiary alicyclic amines) is 1. The number of carbonyl (C=O) groups excluding carboxylic acids is 2. The van der Waals surface area contributed by atoms with E-state index >= 15 is 0 Å². The van der Waals surface area contributed by atoms with Crippen LogP contribution in [0.1, 0.15) is 50.4 Å². The van der Waals surface area contributed by atoms with Gasteiger partial charge in [0.25, 0.3) is 0 Å². The average molecular weight is 712 g/mol. The van der Waals surface area contributed by atoms with Crippen LogP contribution in [0.2, 0.25) is 0 Å². The number of rotatable bonds is 4. The third kappa shape index (κ3) is 7.25. The van der Waals surface area contributed by atoms with Crippen molar-refractivity contribution in [1.29, 1.82) is 0 Å². The number of nitrogens with one attached hydrogen (secondary N) is 1. The second kappa shape index (κ2) is 10.4. The molecule has 150 valence electrons. The summed E-state index contributed by atoms with van der Waals surface area (Å²) < 4.78 is 13.9. The van der Waals surface area contributed by atoms with Crippen LogP contribution in [-0.4, -0.2) is 37.4 Å². The van der Waals surface area contributed by atoms with Crippen LogP contribution in [0.5, 0.6) is 0 Å². The van der Waals surface area contributed by atoms with Crippen molar-refractivity contribution in [2.45, 2.75) is 45.6 Å². The van der Waals surface area contributed by atoms with Gasteiger partial charge < -0.3 is 9.47 Å². The molecule has 1 heterocycles. The fraction of sp³-hybridized carbons (Fsp3) is 0.579. The standard InChI is InChI=1S/C19H24I3NO4/c1-19(2,3)27-18(25)23-9-6-12(7-10-23)8-11-26-17(24)15-13(20)4-5-14(21)16(15)22/h4-5,12H,6-11H2,1-3H3/p+1. The van der Waals surface area contributed by atoms with Gasteiger partial charge in [-0.15, -0.1) is 0 Å². The fourth-order valence-corrected chi connectivity index (χ4v) is 5.30. The molecule has 1 aromatic rings. The van der Waals surface area contributed by atoms with Gasteiger partial charge in [-0.05, 0) is 113 Å². The molecule has 1 saturated heterocycles. The topological polar surface area (TPSA) is 57.0 Å². The van der Waals surface area contributed by atoms with Crippen LogP contribution in [0.15, 0.2) is 12.1 Å². The van der Waals surface area contributed by atoms with Gasteiger partial charge in [0.2, 0.25) is 0 Å². The quantitative estimate of drug-likeness (QED) is 0.288. The minimum absolute atomic E-state index is 0.157. The zero-order valence-electron chi connectivity index (χ0n) is 15.7. The Morgan fingerprint density at radius 2 is 1.70 bits per heavy atom. The maximum absolute atomic E-state index is 12.5. The molecule has 5 nitrogen and oxygen atoms in total. The molecule has 0 radical (unpaired) electrons. The van der Waals surface area contributed by atoms with E-state index in [0.29, 0.717) is 18.1 Å². The smallest absolute Gasteiger partial charge is 0.462 e. The molecule has 2 rings (SSSR count). The summed E-state index contributed by atoms with van der Waals surface area (Å²) in [7, 11) is 0. The number of hydrogen-bond acceptors (Lipinski definition) is 4. The van der Waals surface area contributed by atoms with Gasteiger partial charge in [-0.2, -0.15) is 4.79 Å². The van der Waals surface area contributed by atoms with Crippen LogP contribution in [-0.2, 0) is 9.47 Å². The van der Waals surface area contributed by atoms with Crippen molar-refractivity contribution in [3.05, 3.63) is 28.4 Å². The molecule has 0 spiro atoms. The monoisotopic (exact) mass is 712 g/mol. The molecule has 1 aliphatic heterocycles. The number of hydrogen-bond donors (Lipinski definition) is 1. The Morgan fingerprint density at radius 3 is 2.30 bits per heavy atom. The van der Waals surface area contributed by atoms with Crippen molar-refractivity contribution in [3.8, 4) is 0 Å². The van der Waals surface area contributed by atoms with Gasteiger partial charge in [0.15, 0.2) is 0 Å². The molecular weight excluding hydrogens is 687 g/mol. The van der Waals surface area contributed by atoms with Gasteiger partial charge in [-0.3, -0.25) is 0 Å². The third-order valence-corrected chi connectivity index (χ3v) is 8.35. The summed E-state index contributed by atoms with van der Waals surface area (Å²) in [6.07, 6.45) is 2.58. The lowest BCUT2D eigenvalue weighted by atomic mass is 9.94. The number of halogens is 3. The zero-order chi connectivity index (χ0) is 20.2. The molecule has 0 bridgehead atoms. The number of amides is 1. The summed E-state index contributed by atoms with van der Waals surface area (Å²) >= 11 is 6.60. The summed E-state index contributed by atoms with van der Waals surface area (Å²) in [5.41, 5.74) is 0.215. The van der Waals surface area contributed by atoms with Crippen LogP contribution in [0.25, 0.3) is 0 Å². The molecule has 1 aliphatic rings. The van der Waals surface area contributed by atoms with Crippen molar-refractivity contribution < 1.29 is 24.0 Å². The van der Waals surface area contributed by atoms with E-state index in [1.165, 1.54) is 0 Å². The number of quaternary nitrogens is 1. The molecule has 1 aromatic carbocycles. The van der Waals surface area contributed by atoms with Gasteiger partial charge >= 0.3 is 12.1 Å². The van der Waals surface area contributed by atoms with E-state index in [0.717, 1.165) is 48.0 Å². The summed E-state index contributed by atoms with van der Waals surface area (Å²) in [6.45, 7) is 7.65. The molecule has 0 aliphatic carbocycles. The number of alkyl carbamates (subject to hydrolysis) is 2. The van der Waals surface area contributed by atoms with E-state index in [1.54, 1.807) is 0 Å². The highest BCUT2D eigenvalue weighted by Crippen LogP contribution is 2.25. The Balaban J connectivity index is 1.77. The average Bonchev–Trinajstić information content (AvgIpc) is 2.57. The van der Waals surface area contributed by atoms with Gasteiger partial charge in [0.1, 0.15) is 5.60 Å². The van der Waals surface area contributed by atoms with Crippen LogP contribution in [0.3, 0.4) is 0 Å². The molecule has 0 atom stereocenters. The molecule has 1 N–H and O–H groups in total. The second-order valence-electron chi connectivity index (χ2n) is 7.69. The van der Waals surface area contributed by atoms with Gasteiger partial charge in [-0.25, -0.2) is 9.69 Å². The lowest BCUT2D eigenvalue weighted by Gasteiger charge is -2.29. The number of carbonyl (C=O) groups is 2. The first kappa shape index (κ1) is 23.6. The predicted octanol–water partition coefficient (Wildman–Crippen LogP) is 4.28. The normalized spacial score (nSPS) is 20.2. The molecular formula is C19H25I3NO4+. The van der Waals surface area contributed by atoms with Crippen LogP contribution in [0.4, 0.5) is 4.79 Å². The summed E-state index contributed by atoms with van der Waals surface area (Å²) in [5.74, 6) is 0.233. The molecule has 8 heteroatoms. The van der Waals surface area contributed by atoms with E-state index in [2.05, 4.69) is 67.8 Å². The Bertz CT molecular complexity index is 695. The first-order valence-electron chi connectivity index (χ1n) is 8.97. The summed E-state index contributed by atoms with van der Waals surface area (Å²) in [6, 6.07) is 3.94. The largest absolute Gasteiger partial charge is 0.514 e. The van der Waals surface area contributed by atoms with E-state index in [1.807, 2.05) is 32.9 Å². The Hall–Kier alpha value is 0.310. The number of benzene rings is 1. The van der Waals surface area contributed by atoms with E-state index in [9.17, 15) is 9.59 Å². The van der Waals surface area contributed by atoms with Crippen molar-refractivity contribution in [2.75, 3.05) is 19.7 Å². The lowest BCUT2D eigenvalue weighted by molar-refractivity contribution is -0.832. The third-order valence-electron chi connectivity index (χ3n) is 4.40. The number of esters is 1. The van der Waals surface area contributed by atoms with Gasteiger partial charge in [-0.1, -0.05) is 0 Å². The van der Waals surface area contributed by atoms with E-state index in [-0.39, 0.29) is 12.1 Å². The number of ether oxygens (including phenoxy) is 2. The van der Waals surface area contributed by atoms with E-state index < -0.39 is 5.60 Å². The fourth-order valence-electron chi connectivity index (χ4n) is 2.97. The molecule has 1 fully saturated rings. The predicted molar refractivity (Wildman–Crippen MR) is 129 cm³/mol. The highest BCUT2D eigenvalue weighted by molar-refractivity contribution is 14.1. The molecule has 0 unspecified atom stereocenters. The Morgan fingerprint density at radius 1 is 1.11 bits per heavy atom. The second-order valence-corrected chi connectivity index (χ2v) is 11.1. The molecule has 1 amide bonds. The highest BCUT2D eigenvalue weighted by atomic mass is 127. The van der Waals surface area contributed by atoms with E-state index in [4.69, 9.17) is 9.47 Å². The minimum Gasteiger partial charge on any atom is -0.462 e. The highest BCUT2D eigenvalue weighted by Gasteiger charge is 2.31. The van der Waals surface area contributed by atoms with Crippen LogP contribution < -0.4 is 4.90 Å². The summed E-state index contributed by atoms with van der Waals surface area (Å²) in [4.78, 5) is 25.5. The lowest BCUT2D eigenvalue weighted by Crippen LogP contribution is -3.15. The molecule has 0 saturated carbocycles. The minimum atomic E-state index is -0.445. The zero-order valence-corrected chi connectivity index (χ0v) is 22.2. The van der Waals surface area contributed by atoms with Crippen LogP contribution >= 0.6 is 67.8 Å². The Kier molecular flexibility index (Phi) is 9.06. The first-order valence-corrected chi connectivity index (χ1v) is 12.2. The van der Waals surface area contributed by atoms with Crippen molar-refractivity contribution in [3.63, 3.8) is 0 Å². The maximum Gasteiger partial charge on any atom is 0.514 e. The SMILES string of the molecule is CC(C)(C)OC(=O)[NH+]1CCC(CCOC(=O)c2c(I)ccc(I)c2I)CC1. The molecule has 27 heavy (non-hydrogen) atoms. The van der Waals surface area contributed by atoms with Gasteiger partial charge in [0, 0.05) is 23.6 Å². The van der Waals surface area contributed by atoms with Crippen molar-refractivity contribution in [2.24, 2.45) is 5.92 Å². The first-order chi connectivity index (χ1) is 12.6.